The Bertz CT molecular complexity index is 612. The Hall–Kier alpha value is -1.59. The zero-order valence-electron chi connectivity index (χ0n) is 14.4. The van der Waals surface area contributed by atoms with Gasteiger partial charge in [0.05, 0.1) is 12.0 Å². The molecule has 2 rings (SSSR count). The number of nitrogens with zero attached hydrogens (tertiary/aromatic N) is 1. The maximum Gasteiger partial charge on any atom is 0.317 e. The molecular formula is C18H25ClN2O3. The van der Waals surface area contributed by atoms with Crippen molar-refractivity contribution in [2.24, 2.45) is 0 Å². The Morgan fingerprint density at radius 1 is 1.38 bits per heavy atom. The molecule has 2 N–H and O–H groups in total. The van der Waals surface area contributed by atoms with Gasteiger partial charge in [0.2, 0.25) is 5.91 Å². The molecule has 0 aliphatic heterocycles. The summed E-state index contributed by atoms with van der Waals surface area (Å²) in [5, 5.41) is 12.6. The minimum atomic E-state index is -0.813. The molecule has 1 fully saturated rings. The number of carbonyl (C=O) groups excluding carboxylic acids is 1. The lowest BCUT2D eigenvalue weighted by molar-refractivity contribution is -0.140. The molecule has 6 heteroatoms. The molecule has 1 amide bonds. The summed E-state index contributed by atoms with van der Waals surface area (Å²) in [5.74, 6) is -0.846. The Kier molecular flexibility index (Phi) is 5.88. The predicted octanol–water partition coefficient (Wildman–Crippen LogP) is 2.67. The van der Waals surface area contributed by atoms with Crippen LogP contribution in [0, 0.1) is 0 Å². The van der Waals surface area contributed by atoms with E-state index in [0.29, 0.717) is 11.6 Å². The molecular weight excluding hydrogens is 328 g/mol. The number of amides is 1. The van der Waals surface area contributed by atoms with Crippen LogP contribution in [0.5, 0.6) is 0 Å². The van der Waals surface area contributed by atoms with Crippen LogP contribution >= 0.6 is 11.6 Å². The van der Waals surface area contributed by atoms with Gasteiger partial charge in [-0.25, -0.2) is 0 Å². The zero-order valence-corrected chi connectivity index (χ0v) is 15.1. The fourth-order valence-electron chi connectivity index (χ4n) is 3.05. The molecule has 0 radical (unpaired) electrons. The molecule has 132 valence electrons. The van der Waals surface area contributed by atoms with Crippen LogP contribution in [-0.4, -0.2) is 47.1 Å². The fraction of sp³-hybridized carbons (Fsp3) is 0.556. The van der Waals surface area contributed by atoms with Crippen LogP contribution in [0.2, 0.25) is 5.02 Å². The Morgan fingerprint density at radius 2 is 2.04 bits per heavy atom. The topological polar surface area (TPSA) is 69.6 Å². The maximum absolute atomic E-state index is 12.6. The van der Waals surface area contributed by atoms with Crippen molar-refractivity contribution in [2.45, 2.75) is 51.1 Å². The third-order valence-corrected chi connectivity index (χ3v) is 5.06. The third-order valence-electron chi connectivity index (χ3n) is 4.82. The van der Waals surface area contributed by atoms with Crippen LogP contribution in [0.1, 0.15) is 39.2 Å². The third kappa shape index (κ3) is 4.28. The number of aliphatic carboxylic acids is 1. The molecule has 1 aliphatic carbocycles. The molecule has 5 nitrogen and oxygen atoms in total. The lowest BCUT2D eigenvalue weighted by Crippen LogP contribution is -2.57. The van der Waals surface area contributed by atoms with E-state index in [9.17, 15) is 9.59 Å². The number of benzene rings is 1. The minimum Gasteiger partial charge on any atom is -0.480 e. The number of carboxylic acids is 1. The summed E-state index contributed by atoms with van der Waals surface area (Å²) >= 11 is 6.03. The molecule has 1 aliphatic rings. The van der Waals surface area contributed by atoms with E-state index in [4.69, 9.17) is 16.7 Å². The molecule has 1 saturated carbocycles. The second-order valence-electron chi connectivity index (χ2n) is 6.89. The van der Waals surface area contributed by atoms with Gasteiger partial charge < -0.3 is 10.4 Å². The largest absolute Gasteiger partial charge is 0.480 e. The Balaban J connectivity index is 1.91. The molecule has 0 unspecified atom stereocenters. The summed E-state index contributed by atoms with van der Waals surface area (Å²) in [6.45, 7) is 6.47. The molecule has 0 bridgehead atoms. The van der Waals surface area contributed by atoms with E-state index in [-0.39, 0.29) is 24.5 Å². The van der Waals surface area contributed by atoms with E-state index in [1.54, 1.807) is 6.07 Å². The first-order valence-corrected chi connectivity index (χ1v) is 8.64. The van der Waals surface area contributed by atoms with Crippen LogP contribution in [0.25, 0.3) is 0 Å². The fourth-order valence-corrected chi connectivity index (χ4v) is 3.24. The van der Waals surface area contributed by atoms with Crippen molar-refractivity contribution in [1.82, 2.24) is 10.2 Å². The van der Waals surface area contributed by atoms with Crippen LogP contribution in [0.4, 0.5) is 0 Å². The Labute approximate surface area is 148 Å². The van der Waals surface area contributed by atoms with Gasteiger partial charge in [0.25, 0.3) is 0 Å². The monoisotopic (exact) mass is 352 g/mol. The van der Waals surface area contributed by atoms with Gasteiger partial charge in [-0.15, -0.1) is 0 Å². The van der Waals surface area contributed by atoms with Crippen molar-refractivity contribution in [1.29, 1.82) is 0 Å². The second kappa shape index (κ2) is 7.53. The highest BCUT2D eigenvalue weighted by atomic mass is 35.5. The van der Waals surface area contributed by atoms with E-state index in [0.717, 1.165) is 18.4 Å². The molecule has 0 atom stereocenters. The van der Waals surface area contributed by atoms with Gasteiger partial charge in [-0.3, -0.25) is 14.5 Å². The minimum absolute atomic E-state index is 0.0329. The van der Waals surface area contributed by atoms with Gasteiger partial charge in [0.1, 0.15) is 0 Å². The summed E-state index contributed by atoms with van der Waals surface area (Å²) in [4.78, 5) is 25.4. The molecule has 1 aromatic rings. The molecule has 0 heterocycles. The van der Waals surface area contributed by atoms with E-state index in [2.05, 4.69) is 5.32 Å². The average Bonchev–Trinajstić information content (AvgIpc) is 2.48. The van der Waals surface area contributed by atoms with Gasteiger partial charge in [0, 0.05) is 17.1 Å². The van der Waals surface area contributed by atoms with E-state index >= 15 is 0 Å². The molecule has 24 heavy (non-hydrogen) atoms. The highest BCUT2D eigenvalue weighted by Crippen LogP contribution is 2.29. The number of rotatable bonds is 7. The van der Waals surface area contributed by atoms with Crippen LogP contribution in [-0.2, 0) is 15.0 Å². The lowest BCUT2D eigenvalue weighted by Gasteiger charge is -2.43. The molecule has 0 spiro atoms. The van der Waals surface area contributed by atoms with Crippen molar-refractivity contribution in [3.8, 4) is 0 Å². The smallest absolute Gasteiger partial charge is 0.317 e. The summed E-state index contributed by atoms with van der Waals surface area (Å²) in [6, 6.07) is 7.68. The standard InChI is InChI=1S/C18H25ClN2O3/c1-4-21(11-16(22)23)15-9-14(10-15)20-17(24)18(2,3)12-6-5-7-13(19)8-12/h5-8,14-15H,4,9-11H2,1-3H3,(H,20,24)(H,22,23). The van der Waals surface area contributed by atoms with Crippen molar-refractivity contribution in [3.63, 3.8) is 0 Å². The van der Waals surface area contributed by atoms with Crippen molar-refractivity contribution in [2.75, 3.05) is 13.1 Å². The normalized spacial score (nSPS) is 20.5. The average molecular weight is 353 g/mol. The Morgan fingerprint density at radius 3 is 2.58 bits per heavy atom. The SMILES string of the molecule is CCN(CC(=O)O)C1CC(NC(=O)C(C)(C)c2cccc(Cl)c2)C1. The summed E-state index contributed by atoms with van der Waals surface area (Å²) in [7, 11) is 0. The first kappa shape index (κ1) is 18.7. The first-order valence-electron chi connectivity index (χ1n) is 8.27. The van der Waals surface area contributed by atoms with Gasteiger partial charge in [-0.1, -0.05) is 30.7 Å². The van der Waals surface area contributed by atoms with E-state index in [1.165, 1.54) is 0 Å². The summed E-state index contributed by atoms with van der Waals surface area (Å²) in [6.07, 6.45) is 1.58. The van der Waals surface area contributed by atoms with Gasteiger partial charge in [0.15, 0.2) is 0 Å². The molecule has 0 aromatic heterocycles. The van der Waals surface area contributed by atoms with Crippen molar-refractivity contribution < 1.29 is 14.7 Å². The number of carbonyl (C=O) groups is 2. The van der Waals surface area contributed by atoms with E-state index in [1.807, 2.05) is 43.9 Å². The number of hydrogen-bond acceptors (Lipinski definition) is 3. The number of nitrogens with one attached hydrogen (secondary N) is 1. The van der Waals surface area contributed by atoms with Crippen LogP contribution in [0.3, 0.4) is 0 Å². The van der Waals surface area contributed by atoms with Crippen molar-refractivity contribution in [3.05, 3.63) is 34.9 Å². The molecule has 1 aromatic carbocycles. The number of likely N-dealkylation sites (N-methyl/N-ethyl adjacent to an activating group) is 1. The second-order valence-corrected chi connectivity index (χ2v) is 7.32. The summed E-state index contributed by atoms with van der Waals surface area (Å²) < 4.78 is 0. The van der Waals surface area contributed by atoms with Crippen LogP contribution < -0.4 is 5.32 Å². The number of halogens is 1. The predicted molar refractivity (Wildman–Crippen MR) is 94.3 cm³/mol. The highest BCUT2D eigenvalue weighted by molar-refractivity contribution is 6.30. The van der Waals surface area contributed by atoms with Gasteiger partial charge in [-0.05, 0) is 50.9 Å². The highest BCUT2D eigenvalue weighted by Gasteiger charge is 2.38. The quantitative estimate of drug-likeness (QED) is 0.791. The molecule has 0 saturated heterocycles. The van der Waals surface area contributed by atoms with Crippen LogP contribution in [0.15, 0.2) is 24.3 Å². The van der Waals surface area contributed by atoms with Gasteiger partial charge >= 0.3 is 5.97 Å². The number of carboxylic acid groups (broad SMARTS) is 1. The summed E-state index contributed by atoms with van der Waals surface area (Å²) in [5.41, 5.74) is 0.214. The maximum atomic E-state index is 12.6. The van der Waals surface area contributed by atoms with E-state index < -0.39 is 11.4 Å². The van der Waals surface area contributed by atoms with Crippen molar-refractivity contribution >= 4 is 23.5 Å². The zero-order chi connectivity index (χ0) is 17.9. The lowest BCUT2D eigenvalue weighted by atomic mass is 9.81. The van der Waals surface area contributed by atoms with Gasteiger partial charge in [-0.2, -0.15) is 0 Å². The number of hydrogen-bond donors (Lipinski definition) is 2. The first-order chi connectivity index (χ1) is 11.2.